The van der Waals surface area contributed by atoms with Crippen molar-refractivity contribution < 1.29 is 12.9 Å². The minimum atomic E-state index is -4.82. The van der Waals surface area contributed by atoms with Gasteiger partial charge in [-0.25, -0.2) is 0 Å². The third-order valence-corrected chi connectivity index (χ3v) is 1.77. The molecule has 0 aliphatic carbocycles. The van der Waals surface area contributed by atoms with Crippen molar-refractivity contribution in [1.29, 1.82) is 5.26 Å². The van der Waals surface area contributed by atoms with Crippen LogP contribution in [0.3, 0.4) is 0 Å². The molecule has 0 unspecified atom stereocenters. The summed E-state index contributed by atoms with van der Waals surface area (Å²) < 4.78 is 36.3. The van der Waals surface area contributed by atoms with E-state index in [4.69, 9.17) is 5.26 Å². The van der Waals surface area contributed by atoms with Gasteiger partial charge in [0.25, 0.3) is 0 Å². The summed E-state index contributed by atoms with van der Waals surface area (Å²) in [6, 6.07) is 1.71. The summed E-state index contributed by atoms with van der Waals surface area (Å²) in [5.74, 6) is 0. The molecule has 0 aromatic carbocycles. The van der Waals surface area contributed by atoms with E-state index in [-0.39, 0.29) is 12.8 Å². The maximum Gasteiger partial charge on any atom is 0.483 e. The molecule has 0 N–H and O–H groups in total. The SMILES string of the molecule is CC(C)(CCC#N)[B-](F)(F)F. The normalized spacial score (nSPS) is 12.7. The maximum absolute atomic E-state index is 12.1. The summed E-state index contributed by atoms with van der Waals surface area (Å²) >= 11 is 0. The van der Waals surface area contributed by atoms with Crippen LogP contribution < -0.4 is 0 Å². The van der Waals surface area contributed by atoms with E-state index in [1.54, 1.807) is 6.07 Å². The van der Waals surface area contributed by atoms with Crippen LogP contribution in [0, 0.1) is 11.3 Å². The lowest BCUT2D eigenvalue weighted by molar-refractivity contribution is 0.371. The maximum atomic E-state index is 12.1. The predicted octanol–water partition coefficient (Wildman–Crippen LogP) is 2.92. The van der Waals surface area contributed by atoms with Gasteiger partial charge in [0.15, 0.2) is 0 Å². The van der Waals surface area contributed by atoms with E-state index < -0.39 is 12.3 Å². The molecule has 0 heterocycles. The fourth-order valence-corrected chi connectivity index (χ4v) is 0.542. The van der Waals surface area contributed by atoms with E-state index >= 15 is 0 Å². The molecule has 0 spiro atoms. The van der Waals surface area contributed by atoms with Crippen molar-refractivity contribution in [3.8, 4) is 6.07 Å². The van der Waals surface area contributed by atoms with Gasteiger partial charge < -0.3 is 12.9 Å². The van der Waals surface area contributed by atoms with Crippen molar-refractivity contribution in [2.75, 3.05) is 0 Å². The van der Waals surface area contributed by atoms with Crippen LogP contribution in [0.15, 0.2) is 0 Å². The largest absolute Gasteiger partial charge is 0.483 e. The molecule has 0 rings (SSSR count). The van der Waals surface area contributed by atoms with Crippen LogP contribution in [0.2, 0.25) is 5.31 Å². The highest BCUT2D eigenvalue weighted by atomic mass is 19.4. The Kier molecular flexibility index (Phi) is 2.97. The minimum Gasteiger partial charge on any atom is -0.449 e. The van der Waals surface area contributed by atoms with Crippen LogP contribution in [-0.4, -0.2) is 6.98 Å². The Morgan fingerprint density at radius 3 is 2.09 bits per heavy atom. The molecule has 0 aliphatic heterocycles. The Morgan fingerprint density at radius 1 is 1.36 bits per heavy atom. The Labute approximate surface area is 64.3 Å². The number of halogens is 3. The molecule has 11 heavy (non-hydrogen) atoms. The minimum absolute atomic E-state index is 0.0335. The van der Waals surface area contributed by atoms with Gasteiger partial charge in [-0.1, -0.05) is 25.6 Å². The third-order valence-electron chi connectivity index (χ3n) is 1.77. The molecule has 0 radical (unpaired) electrons. The molecule has 5 heteroatoms. The Balaban J connectivity index is 4.13. The summed E-state index contributed by atoms with van der Waals surface area (Å²) in [7, 11) is 0. The number of hydrogen-bond donors (Lipinski definition) is 0. The molecule has 0 saturated carbocycles. The summed E-state index contributed by atoms with van der Waals surface area (Å²) in [6.45, 7) is -2.56. The second-order valence-electron chi connectivity index (χ2n) is 3.22. The second-order valence-corrected chi connectivity index (χ2v) is 3.22. The van der Waals surface area contributed by atoms with Crippen LogP contribution in [-0.2, 0) is 0 Å². The van der Waals surface area contributed by atoms with Crippen LogP contribution in [0.25, 0.3) is 0 Å². The van der Waals surface area contributed by atoms with Crippen LogP contribution >= 0.6 is 0 Å². The third kappa shape index (κ3) is 2.83. The zero-order valence-electron chi connectivity index (χ0n) is 6.57. The van der Waals surface area contributed by atoms with Gasteiger partial charge in [0, 0.05) is 6.42 Å². The van der Waals surface area contributed by atoms with Gasteiger partial charge in [-0.3, -0.25) is 0 Å². The average Bonchev–Trinajstić information content (AvgIpc) is 1.81. The van der Waals surface area contributed by atoms with Crippen LogP contribution in [0.4, 0.5) is 12.9 Å². The van der Waals surface area contributed by atoms with Gasteiger partial charge in [0.1, 0.15) is 0 Å². The first-order valence-electron chi connectivity index (χ1n) is 3.37. The van der Waals surface area contributed by atoms with Gasteiger partial charge in [-0.05, 0) is 0 Å². The molecule has 0 bridgehead atoms. The Hall–Kier alpha value is -0.655. The van der Waals surface area contributed by atoms with Crippen molar-refractivity contribution in [2.24, 2.45) is 0 Å². The zero-order valence-corrected chi connectivity index (χ0v) is 6.57. The predicted molar refractivity (Wildman–Crippen MR) is 38.0 cm³/mol. The first-order chi connectivity index (χ1) is 4.81. The second kappa shape index (κ2) is 3.16. The van der Waals surface area contributed by atoms with E-state index in [2.05, 4.69) is 0 Å². The van der Waals surface area contributed by atoms with Crippen LogP contribution in [0.1, 0.15) is 26.7 Å². The lowest BCUT2D eigenvalue weighted by atomic mass is 9.58. The molecule has 64 valence electrons. The Morgan fingerprint density at radius 2 is 1.82 bits per heavy atom. The highest BCUT2D eigenvalue weighted by Gasteiger charge is 2.41. The van der Waals surface area contributed by atoms with E-state index in [0.717, 1.165) is 13.8 Å². The summed E-state index contributed by atoms with van der Waals surface area (Å²) in [6.07, 6.45) is -0.138. The standard InChI is InChI=1S/C6H10BF3N/c1-6(2,4-3-5-11)7(8,9)10/h3-4H2,1-2H3/q-1. The highest BCUT2D eigenvalue weighted by molar-refractivity contribution is 6.62. The summed E-state index contributed by atoms with van der Waals surface area (Å²) in [5.41, 5.74) is 0. The molecule has 0 aromatic rings. The monoisotopic (exact) mass is 164 g/mol. The lowest BCUT2D eigenvalue weighted by Gasteiger charge is -2.33. The number of nitrogens with zero attached hydrogens (tertiary/aromatic N) is 1. The topological polar surface area (TPSA) is 23.8 Å². The Bertz CT molecular complexity index is 168. The molecule has 0 amide bonds. The molecule has 0 fully saturated rings. The van der Waals surface area contributed by atoms with Gasteiger partial charge in [0.2, 0.25) is 0 Å². The molecule has 0 aliphatic rings. The van der Waals surface area contributed by atoms with E-state index in [1.165, 1.54) is 0 Å². The first kappa shape index (κ1) is 10.3. The smallest absolute Gasteiger partial charge is 0.449 e. The van der Waals surface area contributed by atoms with Gasteiger partial charge in [-0.15, -0.1) is 0 Å². The molecular formula is C6H10BF3N-. The summed E-state index contributed by atoms with van der Waals surface area (Å²) in [5, 5.41) is 6.41. The number of nitriles is 1. The molecule has 0 atom stereocenters. The molecule has 0 aromatic heterocycles. The molecule has 0 saturated heterocycles. The van der Waals surface area contributed by atoms with E-state index in [9.17, 15) is 12.9 Å². The fourth-order valence-electron chi connectivity index (χ4n) is 0.542. The highest BCUT2D eigenvalue weighted by Crippen LogP contribution is 2.43. The number of rotatable bonds is 3. The first-order valence-corrected chi connectivity index (χ1v) is 3.37. The van der Waals surface area contributed by atoms with E-state index in [1.807, 2.05) is 0 Å². The van der Waals surface area contributed by atoms with Crippen molar-refractivity contribution in [3.05, 3.63) is 0 Å². The van der Waals surface area contributed by atoms with Crippen LogP contribution in [0.5, 0.6) is 0 Å². The molecule has 1 nitrogen and oxygen atoms in total. The van der Waals surface area contributed by atoms with Gasteiger partial charge in [-0.2, -0.15) is 5.26 Å². The number of hydrogen-bond acceptors (Lipinski definition) is 1. The average molecular weight is 164 g/mol. The van der Waals surface area contributed by atoms with Crippen molar-refractivity contribution in [3.63, 3.8) is 0 Å². The van der Waals surface area contributed by atoms with E-state index in [0.29, 0.717) is 0 Å². The summed E-state index contributed by atoms with van der Waals surface area (Å²) in [4.78, 5) is 0. The molecular weight excluding hydrogens is 154 g/mol. The zero-order chi connectivity index (χ0) is 9.12. The van der Waals surface area contributed by atoms with Gasteiger partial charge in [0.05, 0.1) is 6.07 Å². The fraction of sp³-hybridized carbons (Fsp3) is 0.833. The van der Waals surface area contributed by atoms with Crippen molar-refractivity contribution in [2.45, 2.75) is 32.0 Å². The lowest BCUT2D eigenvalue weighted by Crippen LogP contribution is -2.31. The quantitative estimate of drug-likeness (QED) is 0.588. The van der Waals surface area contributed by atoms with Gasteiger partial charge >= 0.3 is 6.98 Å². The van der Waals surface area contributed by atoms with Crippen molar-refractivity contribution >= 4 is 6.98 Å². The van der Waals surface area contributed by atoms with Crippen molar-refractivity contribution in [1.82, 2.24) is 0 Å².